The van der Waals surface area contributed by atoms with E-state index in [1.165, 1.54) is 24.3 Å². The van der Waals surface area contributed by atoms with E-state index in [1.54, 1.807) is 32.0 Å². The van der Waals surface area contributed by atoms with E-state index in [0.717, 1.165) is 12.1 Å². The molecular weight excluding hydrogens is 433 g/mol. The van der Waals surface area contributed by atoms with Crippen LogP contribution in [0.5, 0.6) is 0 Å². The van der Waals surface area contributed by atoms with Crippen LogP contribution in [0.15, 0.2) is 64.4 Å². The van der Waals surface area contributed by atoms with Crippen molar-refractivity contribution < 1.29 is 30.8 Å². The lowest BCUT2D eigenvalue weighted by Gasteiger charge is -2.21. The van der Waals surface area contributed by atoms with Gasteiger partial charge >= 0.3 is 5.97 Å². The van der Waals surface area contributed by atoms with Crippen LogP contribution in [0.1, 0.15) is 20.3 Å². The van der Waals surface area contributed by atoms with Crippen molar-refractivity contribution in [1.82, 2.24) is 4.72 Å². The van der Waals surface area contributed by atoms with E-state index in [9.17, 15) is 26.0 Å². The van der Waals surface area contributed by atoms with Gasteiger partial charge in [0.25, 0.3) is 0 Å². The zero-order valence-electron chi connectivity index (χ0n) is 16.6. The number of hydrogen-bond acceptors (Lipinski definition) is 6. The maximum atomic E-state index is 13.8. The van der Waals surface area contributed by atoms with Crippen molar-refractivity contribution >= 4 is 25.8 Å². The molecule has 0 unspecified atom stereocenters. The Morgan fingerprint density at radius 1 is 1.00 bits per heavy atom. The van der Waals surface area contributed by atoms with Gasteiger partial charge in [0.2, 0.25) is 10.0 Å². The molecule has 0 aliphatic heterocycles. The number of ether oxygens (including phenoxy) is 1. The summed E-state index contributed by atoms with van der Waals surface area (Å²) in [6.07, 6.45) is 0.0495. The molecule has 0 heterocycles. The number of halogens is 1. The fraction of sp³-hybridized carbons (Fsp3) is 0.350. The fourth-order valence-corrected chi connectivity index (χ4v) is 5.32. The van der Waals surface area contributed by atoms with Gasteiger partial charge in [-0.25, -0.2) is 21.2 Å². The number of sulfone groups is 1. The van der Waals surface area contributed by atoms with Gasteiger partial charge in [-0.1, -0.05) is 44.2 Å². The summed E-state index contributed by atoms with van der Waals surface area (Å²) in [6, 6.07) is 11.5. The van der Waals surface area contributed by atoms with E-state index in [0.29, 0.717) is 0 Å². The average molecular weight is 458 g/mol. The SMILES string of the molecule is CC(C)[C@H](NS(=O)(=O)c1ccccc1F)C(=O)OCCCS(=O)(=O)c1ccccc1. The first kappa shape index (κ1) is 24.0. The fourth-order valence-electron chi connectivity index (χ4n) is 2.61. The van der Waals surface area contributed by atoms with E-state index in [-0.39, 0.29) is 23.7 Å². The molecule has 2 aromatic rings. The molecule has 7 nitrogen and oxygen atoms in total. The molecule has 0 saturated carbocycles. The topological polar surface area (TPSA) is 107 Å². The smallest absolute Gasteiger partial charge is 0.324 e. The first-order valence-electron chi connectivity index (χ1n) is 9.26. The molecule has 0 aliphatic rings. The van der Waals surface area contributed by atoms with E-state index in [4.69, 9.17) is 4.74 Å². The Morgan fingerprint density at radius 2 is 1.60 bits per heavy atom. The summed E-state index contributed by atoms with van der Waals surface area (Å²) in [5.74, 6) is -2.50. The normalized spacial score (nSPS) is 13.2. The van der Waals surface area contributed by atoms with E-state index >= 15 is 0 Å². The molecule has 164 valence electrons. The Bertz CT molecular complexity index is 1070. The Kier molecular flexibility index (Phi) is 8.10. The van der Waals surface area contributed by atoms with E-state index < -0.39 is 48.5 Å². The number of carbonyl (C=O) groups is 1. The summed E-state index contributed by atoms with van der Waals surface area (Å²) in [4.78, 5) is 12.0. The lowest BCUT2D eigenvalue weighted by Crippen LogP contribution is -2.45. The maximum absolute atomic E-state index is 13.8. The van der Waals surface area contributed by atoms with Crippen LogP contribution in [0, 0.1) is 11.7 Å². The van der Waals surface area contributed by atoms with Gasteiger partial charge in [0.15, 0.2) is 9.84 Å². The van der Waals surface area contributed by atoms with Gasteiger partial charge in [-0.05, 0) is 36.6 Å². The Morgan fingerprint density at radius 3 is 2.20 bits per heavy atom. The largest absolute Gasteiger partial charge is 0.464 e. The van der Waals surface area contributed by atoms with Gasteiger partial charge in [-0.3, -0.25) is 4.79 Å². The van der Waals surface area contributed by atoms with Crippen LogP contribution >= 0.6 is 0 Å². The van der Waals surface area contributed by atoms with Crippen molar-refractivity contribution in [3.63, 3.8) is 0 Å². The van der Waals surface area contributed by atoms with Crippen LogP contribution in [0.2, 0.25) is 0 Å². The average Bonchev–Trinajstić information content (AvgIpc) is 2.70. The first-order valence-corrected chi connectivity index (χ1v) is 12.4. The third kappa shape index (κ3) is 6.35. The summed E-state index contributed by atoms with van der Waals surface area (Å²) in [6.45, 7) is 3.01. The number of esters is 1. The minimum absolute atomic E-state index is 0.0495. The highest BCUT2D eigenvalue weighted by Gasteiger charge is 2.31. The van der Waals surface area contributed by atoms with Crippen LogP contribution in [0.4, 0.5) is 4.39 Å². The third-order valence-corrected chi connectivity index (χ3v) is 7.52. The predicted molar refractivity (Wildman–Crippen MR) is 109 cm³/mol. The van der Waals surface area contributed by atoms with Gasteiger partial charge in [-0.2, -0.15) is 4.72 Å². The number of nitrogens with one attached hydrogen (secondary N) is 1. The van der Waals surface area contributed by atoms with Crippen LogP contribution < -0.4 is 4.72 Å². The molecule has 0 amide bonds. The van der Waals surface area contributed by atoms with Crippen molar-refractivity contribution in [2.75, 3.05) is 12.4 Å². The van der Waals surface area contributed by atoms with Crippen molar-refractivity contribution in [3.05, 3.63) is 60.4 Å². The Balaban J connectivity index is 1.97. The number of hydrogen-bond donors (Lipinski definition) is 1. The monoisotopic (exact) mass is 457 g/mol. The zero-order valence-corrected chi connectivity index (χ0v) is 18.2. The van der Waals surface area contributed by atoms with Gasteiger partial charge in [0, 0.05) is 0 Å². The molecule has 30 heavy (non-hydrogen) atoms. The highest BCUT2D eigenvalue weighted by atomic mass is 32.2. The second-order valence-electron chi connectivity index (χ2n) is 6.93. The standard InChI is InChI=1S/C20H24FNO6S2/c1-15(2)19(22-30(26,27)18-12-7-6-11-17(18)21)20(23)28-13-8-14-29(24,25)16-9-4-3-5-10-16/h3-7,9-12,15,19,22H,8,13-14H2,1-2H3/t19-/m0/s1. The molecule has 0 fully saturated rings. The van der Waals surface area contributed by atoms with Gasteiger partial charge in [-0.15, -0.1) is 0 Å². The predicted octanol–water partition coefficient (Wildman–Crippen LogP) is 2.54. The molecule has 2 aromatic carbocycles. The van der Waals surface area contributed by atoms with Crippen LogP contribution in [-0.2, 0) is 29.4 Å². The summed E-state index contributed by atoms with van der Waals surface area (Å²) in [5, 5.41) is 0. The second kappa shape index (κ2) is 10.1. The Labute approximate surface area is 176 Å². The highest BCUT2D eigenvalue weighted by Crippen LogP contribution is 2.16. The number of benzene rings is 2. The number of sulfonamides is 1. The zero-order chi connectivity index (χ0) is 22.4. The number of carbonyl (C=O) groups excluding carboxylic acids is 1. The molecule has 10 heteroatoms. The molecule has 0 aromatic heterocycles. The maximum Gasteiger partial charge on any atom is 0.324 e. The van der Waals surface area contributed by atoms with Crippen molar-refractivity contribution in [3.8, 4) is 0 Å². The minimum Gasteiger partial charge on any atom is -0.464 e. The summed E-state index contributed by atoms with van der Waals surface area (Å²) < 4.78 is 70.5. The van der Waals surface area contributed by atoms with E-state index in [2.05, 4.69) is 4.72 Å². The van der Waals surface area contributed by atoms with Crippen molar-refractivity contribution in [1.29, 1.82) is 0 Å². The number of rotatable bonds is 10. The van der Waals surface area contributed by atoms with Gasteiger partial charge in [0.05, 0.1) is 17.3 Å². The quantitative estimate of drug-likeness (QED) is 0.434. The summed E-state index contributed by atoms with van der Waals surface area (Å²) in [5.41, 5.74) is 0. The summed E-state index contributed by atoms with van der Waals surface area (Å²) >= 11 is 0. The summed E-state index contributed by atoms with van der Waals surface area (Å²) in [7, 11) is -7.80. The second-order valence-corrected chi connectivity index (χ2v) is 10.7. The Hall–Kier alpha value is -2.30. The molecule has 2 rings (SSSR count). The highest BCUT2D eigenvalue weighted by molar-refractivity contribution is 7.91. The molecule has 0 radical (unpaired) electrons. The molecule has 0 bridgehead atoms. The third-order valence-electron chi connectivity index (χ3n) is 4.23. The molecule has 1 N–H and O–H groups in total. The van der Waals surface area contributed by atoms with Crippen LogP contribution in [0.25, 0.3) is 0 Å². The molecule has 0 spiro atoms. The molecular formula is C20H24FNO6S2. The van der Waals surface area contributed by atoms with Crippen molar-refractivity contribution in [2.24, 2.45) is 5.92 Å². The lowest BCUT2D eigenvalue weighted by atomic mass is 10.1. The molecule has 1 atom stereocenters. The van der Waals surface area contributed by atoms with E-state index in [1.807, 2.05) is 0 Å². The van der Waals surface area contributed by atoms with Gasteiger partial charge in [0.1, 0.15) is 16.8 Å². The first-order chi connectivity index (χ1) is 14.0. The molecule has 0 aliphatic carbocycles. The van der Waals surface area contributed by atoms with Crippen molar-refractivity contribution in [2.45, 2.75) is 36.1 Å². The minimum atomic E-state index is -4.29. The molecule has 0 saturated heterocycles. The van der Waals surface area contributed by atoms with Crippen LogP contribution in [0.3, 0.4) is 0 Å². The van der Waals surface area contributed by atoms with Gasteiger partial charge < -0.3 is 4.74 Å². The van der Waals surface area contributed by atoms with Crippen LogP contribution in [-0.4, -0.2) is 41.2 Å². The lowest BCUT2D eigenvalue weighted by molar-refractivity contribution is -0.146.